The Morgan fingerprint density at radius 3 is 2.38 bits per heavy atom. The van der Waals surface area contributed by atoms with Crippen molar-refractivity contribution in [1.82, 2.24) is 40.6 Å². The summed E-state index contributed by atoms with van der Waals surface area (Å²) < 4.78 is 23.1. The van der Waals surface area contributed by atoms with Gasteiger partial charge in [0.25, 0.3) is 0 Å². The van der Waals surface area contributed by atoms with E-state index in [1.807, 2.05) is 73.9 Å². The normalized spacial score (nSPS) is 17.3. The van der Waals surface area contributed by atoms with E-state index in [9.17, 15) is 24.3 Å². The number of β-amino-alcohol motifs (C(OH)–C–C–N with tert-alkyl or cyclic N) is 1. The third-order valence-electron chi connectivity index (χ3n) is 13.1. The van der Waals surface area contributed by atoms with E-state index in [2.05, 4.69) is 45.0 Å². The highest BCUT2D eigenvalue weighted by molar-refractivity contribution is 7.15. The first-order valence-corrected chi connectivity index (χ1v) is 26.0. The number of hydrogen-bond acceptors (Lipinski definition) is 12. The number of thiazole rings is 1. The smallest absolute Gasteiger partial charge is 0.246 e. The van der Waals surface area contributed by atoms with Crippen LogP contribution >= 0.6 is 34.3 Å². The molecule has 15 nitrogen and oxygen atoms in total. The van der Waals surface area contributed by atoms with Crippen LogP contribution in [-0.2, 0) is 25.6 Å². The minimum atomic E-state index is -1.05. The number of aryl methyl sites for hydroxylation is 4. The van der Waals surface area contributed by atoms with E-state index in [0.717, 1.165) is 54.0 Å². The number of thiophene rings is 1. The highest BCUT2D eigenvalue weighted by Gasteiger charge is 2.45. The average Bonchev–Trinajstić information content (AvgIpc) is 4.11. The first kappa shape index (κ1) is 52.0. The van der Waals surface area contributed by atoms with Crippen molar-refractivity contribution < 1.29 is 33.4 Å². The second kappa shape index (κ2) is 21.8. The van der Waals surface area contributed by atoms with Gasteiger partial charge in [0.15, 0.2) is 5.82 Å². The van der Waals surface area contributed by atoms with Crippen LogP contribution in [0, 0.1) is 38.9 Å². The van der Waals surface area contributed by atoms with E-state index in [4.69, 9.17) is 21.3 Å². The van der Waals surface area contributed by atoms with E-state index in [1.54, 1.807) is 49.0 Å². The third-order valence-corrected chi connectivity index (χ3v) is 15.5. The summed E-state index contributed by atoms with van der Waals surface area (Å²) in [6.07, 6.45) is -1.04. The van der Waals surface area contributed by atoms with E-state index in [0.29, 0.717) is 22.4 Å². The minimum absolute atomic E-state index is 0.00247. The van der Waals surface area contributed by atoms with Gasteiger partial charge in [-0.25, -0.2) is 9.37 Å². The van der Waals surface area contributed by atoms with Crippen molar-refractivity contribution in [2.24, 2.45) is 10.4 Å². The van der Waals surface area contributed by atoms with Crippen molar-refractivity contribution in [1.29, 1.82) is 0 Å². The molecular formula is C53H59ClFN9O6S2. The highest BCUT2D eigenvalue weighted by Crippen LogP contribution is 2.40. The molecule has 72 heavy (non-hydrogen) atoms. The number of aliphatic imine (C=N–C) groups is 1. The number of rotatable bonds is 16. The van der Waals surface area contributed by atoms with Crippen LogP contribution in [0.4, 0.5) is 4.39 Å². The molecule has 0 bridgehead atoms. The van der Waals surface area contributed by atoms with Crippen molar-refractivity contribution in [3.63, 3.8) is 0 Å². The van der Waals surface area contributed by atoms with Gasteiger partial charge in [-0.3, -0.25) is 28.7 Å². The van der Waals surface area contributed by atoms with Crippen LogP contribution in [0.25, 0.3) is 15.4 Å². The van der Waals surface area contributed by atoms with Crippen LogP contribution in [0.2, 0.25) is 5.02 Å². The van der Waals surface area contributed by atoms with Crippen molar-refractivity contribution in [2.75, 3.05) is 19.7 Å². The lowest BCUT2D eigenvalue weighted by atomic mass is 9.85. The fourth-order valence-corrected chi connectivity index (χ4v) is 11.2. The van der Waals surface area contributed by atoms with Gasteiger partial charge in [-0.1, -0.05) is 68.8 Å². The maximum Gasteiger partial charge on any atom is 0.246 e. The summed E-state index contributed by atoms with van der Waals surface area (Å²) >= 11 is 9.44. The zero-order chi connectivity index (χ0) is 51.6. The van der Waals surface area contributed by atoms with Crippen LogP contribution in [0.3, 0.4) is 0 Å². The number of nitrogens with zero attached hydrogens (tertiary/aromatic N) is 6. The number of halogens is 2. The molecule has 0 spiro atoms. The standard InChI is InChI=1S/C53H59ClFN9O6S2/c1-28-31(4)72-52-45(28)46(34-13-16-37(54)17-14-34)59-41(49-62-61-32(5)64(49)52)25-44(67)56-21-22-70-39-18-19-40(55)36(23-39)15-20-43(66)60-48(53(6,7)8)51(69)63-26-38(65)24-42(63)50(68)58-29(2)33-9-11-35(12-10-33)47-30(3)57-27-71-47/h9-14,16-19,23,27,29,38,41-42,48,65H,15,20-22,24-26H2,1-8H3,(H,56,67)(H,58,68)(H,60,66)/t29-,38+,41-,42-,48+/m0/s1. The van der Waals surface area contributed by atoms with Crippen LogP contribution in [0.15, 0.2) is 77.2 Å². The maximum atomic E-state index is 15.2. The number of amides is 4. The lowest BCUT2D eigenvalue weighted by molar-refractivity contribution is -0.144. The van der Waals surface area contributed by atoms with E-state index < -0.39 is 53.2 Å². The third kappa shape index (κ3) is 11.5. The van der Waals surface area contributed by atoms with Crippen molar-refractivity contribution in [2.45, 2.75) is 111 Å². The molecule has 1 saturated heterocycles. The Morgan fingerprint density at radius 2 is 1.68 bits per heavy atom. The molecule has 4 N–H and O–H groups in total. The molecule has 0 aliphatic carbocycles. The van der Waals surface area contributed by atoms with E-state index >= 15 is 4.39 Å². The Morgan fingerprint density at radius 1 is 0.958 bits per heavy atom. The predicted octanol–water partition coefficient (Wildman–Crippen LogP) is 8.26. The Balaban J connectivity index is 0.848. The first-order valence-electron chi connectivity index (χ1n) is 23.9. The monoisotopic (exact) mass is 1040 g/mol. The Kier molecular flexibility index (Phi) is 15.7. The first-order chi connectivity index (χ1) is 34.3. The largest absolute Gasteiger partial charge is 0.492 e. The second-order valence-electron chi connectivity index (χ2n) is 19.4. The molecule has 0 saturated carbocycles. The van der Waals surface area contributed by atoms with Gasteiger partial charge >= 0.3 is 0 Å². The van der Waals surface area contributed by atoms with Crippen molar-refractivity contribution in [3.8, 4) is 21.2 Å². The van der Waals surface area contributed by atoms with Gasteiger partial charge in [-0.05, 0) is 99.0 Å². The number of carbonyl (C=O) groups is 4. The number of aliphatic hydroxyl groups excluding tert-OH is 1. The molecule has 3 aromatic carbocycles. The molecule has 8 rings (SSSR count). The molecule has 6 aromatic rings. The molecular weight excluding hydrogens is 977 g/mol. The molecule has 0 unspecified atom stereocenters. The Bertz CT molecular complexity index is 3020. The number of likely N-dealkylation sites (tertiary alicyclic amines) is 1. The van der Waals surface area contributed by atoms with Gasteiger partial charge in [-0.15, -0.1) is 32.9 Å². The number of carbonyl (C=O) groups excluding carboxylic acids is 4. The number of nitrogens with one attached hydrogen (secondary N) is 3. The van der Waals surface area contributed by atoms with Gasteiger partial charge in [-0.2, -0.15) is 0 Å². The molecule has 19 heteroatoms. The van der Waals surface area contributed by atoms with Crippen LogP contribution in [0.5, 0.6) is 5.75 Å². The van der Waals surface area contributed by atoms with E-state index in [-0.39, 0.29) is 62.9 Å². The lowest BCUT2D eigenvalue weighted by Crippen LogP contribution is -2.57. The molecule has 2 aliphatic heterocycles. The van der Waals surface area contributed by atoms with Crippen LogP contribution in [0.1, 0.15) is 109 Å². The zero-order valence-electron chi connectivity index (χ0n) is 41.5. The van der Waals surface area contributed by atoms with Crippen LogP contribution in [-0.4, -0.2) is 97.0 Å². The molecule has 0 radical (unpaired) electrons. The zero-order valence-corrected chi connectivity index (χ0v) is 43.9. The number of fused-ring (bicyclic) bond motifs is 3. The molecule has 378 valence electrons. The van der Waals surface area contributed by atoms with Gasteiger partial charge < -0.3 is 30.7 Å². The molecule has 5 heterocycles. The topological polar surface area (TPSA) is 193 Å². The molecule has 4 amide bonds. The van der Waals surface area contributed by atoms with Crippen LogP contribution < -0.4 is 20.7 Å². The SMILES string of the molecule is Cc1ncsc1-c1ccc([C@H](C)NC(=O)[C@@H]2C[C@@H](O)CN2C(=O)[C@@H](NC(=O)CCc2cc(OCCNC(=O)C[C@@H]3N=C(c4ccc(Cl)cc4)c4c(sc(C)c4C)-n4c(C)nnc43)ccc2F)C(C)(C)C)cc1. The number of aliphatic hydroxyl groups is 1. The summed E-state index contributed by atoms with van der Waals surface area (Å²) in [5.74, 6) is -0.614. The fraction of sp³-hybridized carbons (Fsp3) is 0.396. The molecule has 1 fully saturated rings. The summed E-state index contributed by atoms with van der Waals surface area (Å²) in [5.41, 5.74) is 7.75. The Hall–Kier alpha value is -6.34. The maximum absolute atomic E-state index is 15.2. The second-order valence-corrected chi connectivity index (χ2v) is 21.9. The summed E-state index contributed by atoms with van der Waals surface area (Å²) in [6.45, 7) is 15.4. The lowest BCUT2D eigenvalue weighted by Gasteiger charge is -2.35. The van der Waals surface area contributed by atoms with Crippen molar-refractivity contribution >= 4 is 63.6 Å². The van der Waals surface area contributed by atoms with Crippen molar-refractivity contribution in [3.05, 3.63) is 133 Å². The van der Waals surface area contributed by atoms with Gasteiger partial charge in [0.1, 0.15) is 47.1 Å². The quantitative estimate of drug-likeness (QED) is 0.0691. The van der Waals surface area contributed by atoms with E-state index in [1.165, 1.54) is 23.1 Å². The number of benzene rings is 3. The number of ether oxygens (including phenoxy) is 1. The van der Waals surface area contributed by atoms with Gasteiger partial charge in [0, 0.05) is 40.4 Å². The summed E-state index contributed by atoms with van der Waals surface area (Å²) in [7, 11) is 0. The molecule has 2 aliphatic rings. The summed E-state index contributed by atoms with van der Waals surface area (Å²) in [5, 5.41) is 29.9. The predicted molar refractivity (Wildman–Crippen MR) is 277 cm³/mol. The number of hydrogen-bond donors (Lipinski definition) is 4. The highest BCUT2D eigenvalue weighted by atomic mass is 35.5. The van der Waals surface area contributed by atoms with Gasteiger partial charge in [0.05, 0.1) is 46.9 Å². The summed E-state index contributed by atoms with van der Waals surface area (Å²) in [4.78, 5) is 68.1. The average molecular weight is 1040 g/mol. The fourth-order valence-electron chi connectivity index (χ4n) is 9.07. The van der Waals surface area contributed by atoms with Gasteiger partial charge in [0.2, 0.25) is 23.6 Å². The molecule has 5 atom stereocenters. The summed E-state index contributed by atoms with van der Waals surface area (Å²) in [6, 6.07) is 16.5. The molecule has 3 aromatic heterocycles. The number of aromatic nitrogens is 4. The Labute approximate surface area is 431 Å². The minimum Gasteiger partial charge on any atom is -0.492 e.